The largest absolute Gasteiger partial charge is 0.314 e. The molecule has 0 radical (unpaired) electrons. The van der Waals surface area contributed by atoms with Gasteiger partial charge < -0.3 is 5.32 Å². The Kier molecular flexibility index (Phi) is 3.11. The normalized spacial score (nSPS) is 26.4. The molecule has 1 saturated heterocycles. The summed E-state index contributed by atoms with van der Waals surface area (Å²) in [6.07, 6.45) is 0.816. The van der Waals surface area contributed by atoms with Crippen LogP contribution in [0, 0.1) is 0 Å². The van der Waals surface area contributed by atoms with E-state index in [-0.39, 0.29) is 0 Å². The molecule has 1 fully saturated rings. The third-order valence-electron chi connectivity index (χ3n) is 4.74. The quantitative estimate of drug-likeness (QED) is 0.923. The predicted octanol–water partition coefficient (Wildman–Crippen LogP) is 2.08. The van der Waals surface area contributed by atoms with Crippen molar-refractivity contribution in [1.82, 2.24) is 9.62 Å². The zero-order valence-corrected chi connectivity index (χ0v) is 13.0. The van der Waals surface area contributed by atoms with Crippen LogP contribution in [0.1, 0.15) is 17.5 Å². The highest BCUT2D eigenvalue weighted by Crippen LogP contribution is 2.48. The van der Waals surface area contributed by atoms with Crippen molar-refractivity contribution in [3.8, 4) is 0 Å². The van der Waals surface area contributed by atoms with Crippen LogP contribution in [0.5, 0.6) is 0 Å². The van der Waals surface area contributed by atoms with Gasteiger partial charge in [-0.05, 0) is 30.2 Å². The maximum atomic E-state index is 13.0. The number of hydrogen-bond acceptors (Lipinski definition) is 3. The van der Waals surface area contributed by atoms with Crippen molar-refractivity contribution in [2.24, 2.45) is 0 Å². The Bertz CT molecular complexity index is 796. The molecule has 5 heteroatoms. The van der Waals surface area contributed by atoms with E-state index in [1.807, 2.05) is 42.5 Å². The summed E-state index contributed by atoms with van der Waals surface area (Å²) >= 11 is 0. The number of nitrogens with zero attached hydrogens (tertiary/aromatic N) is 1. The summed E-state index contributed by atoms with van der Waals surface area (Å²) in [6.45, 7) is 1.94. The van der Waals surface area contributed by atoms with Gasteiger partial charge in [-0.3, -0.25) is 0 Å². The minimum Gasteiger partial charge on any atom is -0.314 e. The molecular weight excluding hydrogens is 296 g/mol. The molecule has 0 amide bonds. The fourth-order valence-electron chi connectivity index (χ4n) is 3.67. The molecule has 2 aromatic rings. The molecule has 4 nitrogen and oxygen atoms in total. The SMILES string of the molecule is O=S1(=O)c2ccccc2[C@]2(CCNC2)N1Cc1ccccc1. The van der Waals surface area contributed by atoms with Crippen LogP contribution in [-0.2, 0) is 22.1 Å². The number of sulfonamides is 1. The molecule has 2 heterocycles. The van der Waals surface area contributed by atoms with Crippen LogP contribution in [0.15, 0.2) is 59.5 Å². The second-order valence-electron chi connectivity index (χ2n) is 5.95. The monoisotopic (exact) mass is 314 g/mol. The van der Waals surface area contributed by atoms with Crippen molar-refractivity contribution in [1.29, 1.82) is 0 Å². The maximum Gasteiger partial charge on any atom is 0.244 e. The van der Waals surface area contributed by atoms with Crippen LogP contribution < -0.4 is 5.32 Å². The molecule has 1 spiro atoms. The fourth-order valence-corrected chi connectivity index (χ4v) is 5.72. The van der Waals surface area contributed by atoms with Crippen molar-refractivity contribution < 1.29 is 8.42 Å². The average Bonchev–Trinajstić information content (AvgIpc) is 3.09. The van der Waals surface area contributed by atoms with Gasteiger partial charge >= 0.3 is 0 Å². The van der Waals surface area contributed by atoms with Gasteiger partial charge in [-0.25, -0.2) is 8.42 Å². The topological polar surface area (TPSA) is 49.4 Å². The molecule has 0 aromatic heterocycles. The first-order valence-corrected chi connectivity index (χ1v) is 8.96. The number of hydrogen-bond donors (Lipinski definition) is 1. The molecule has 0 saturated carbocycles. The van der Waals surface area contributed by atoms with E-state index in [0.717, 1.165) is 24.1 Å². The first-order chi connectivity index (χ1) is 10.6. The smallest absolute Gasteiger partial charge is 0.244 e. The van der Waals surface area contributed by atoms with Gasteiger partial charge in [-0.15, -0.1) is 0 Å². The summed E-state index contributed by atoms with van der Waals surface area (Å²) < 4.78 is 27.8. The van der Waals surface area contributed by atoms with E-state index in [9.17, 15) is 8.42 Å². The summed E-state index contributed by atoms with van der Waals surface area (Å²) in [7, 11) is -3.44. The Morgan fingerprint density at radius 2 is 1.77 bits per heavy atom. The first kappa shape index (κ1) is 13.9. The lowest BCUT2D eigenvalue weighted by molar-refractivity contribution is 0.213. The number of rotatable bonds is 2. The predicted molar refractivity (Wildman–Crippen MR) is 84.8 cm³/mol. The van der Waals surface area contributed by atoms with E-state index in [4.69, 9.17) is 0 Å². The standard InChI is InChI=1S/C17H18N2O2S/c20-22(21)16-9-5-4-8-15(16)17(10-11-18-13-17)19(22)12-14-6-2-1-3-7-14/h1-9,18H,10-13H2/t17-/m1/s1. The Morgan fingerprint density at radius 1 is 1.05 bits per heavy atom. The second kappa shape index (κ2) is 4.91. The molecule has 22 heavy (non-hydrogen) atoms. The van der Waals surface area contributed by atoms with Crippen LogP contribution in [0.3, 0.4) is 0 Å². The van der Waals surface area contributed by atoms with Gasteiger partial charge in [0.25, 0.3) is 0 Å². The number of nitrogens with one attached hydrogen (secondary N) is 1. The minimum absolute atomic E-state index is 0.416. The zero-order valence-electron chi connectivity index (χ0n) is 12.2. The van der Waals surface area contributed by atoms with E-state index in [2.05, 4.69) is 5.32 Å². The van der Waals surface area contributed by atoms with Crippen LogP contribution in [0.2, 0.25) is 0 Å². The average molecular weight is 314 g/mol. The van der Waals surface area contributed by atoms with E-state index in [0.29, 0.717) is 18.0 Å². The van der Waals surface area contributed by atoms with E-state index in [1.165, 1.54) is 0 Å². The van der Waals surface area contributed by atoms with Crippen molar-refractivity contribution in [2.75, 3.05) is 13.1 Å². The summed E-state index contributed by atoms with van der Waals surface area (Å²) in [5.41, 5.74) is 1.52. The highest BCUT2D eigenvalue weighted by Gasteiger charge is 2.54. The van der Waals surface area contributed by atoms with Gasteiger partial charge in [0.15, 0.2) is 0 Å². The highest BCUT2D eigenvalue weighted by atomic mass is 32.2. The molecule has 0 bridgehead atoms. The number of fused-ring (bicyclic) bond motifs is 2. The third-order valence-corrected chi connectivity index (χ3v) is 6.71. The molecule has 2 aliphatic heterocycles. The van der Waals surface area contributed by atoms with Crippen molar-refractivity contribution >= 4 is 10.0 Å². The van der Waals surface area contributed by atoms with Gasteiger partial charge in [-0.1, -0.05) is 48.5 Å². The van der Waals surface area contributed by atoms with E-state index >= 15 is 0 Å². The Hall–Kier alpha value is -1.69. The van der Waals surface area contributed by atoms with Gasteiger partial charge in [0.05, 0.1) is 10.4 Å². The van der Waals surface area contributed by atoms with Crippen molar-refractivity contribution in [2.45, 2.75) is 23.4 Å². The molecule has 2 aliphatic rings. The molecule has 0 unspecified atom stereocenters. The summed E-state index contributed by atoms with van der Waals surface area (Å²) in [5.74, 6) is 0. The van der Waals surface area contributed by atoms with E-state index < -0.39 is 15.6 Å². The van der Waals surface area contributed by atoms with Crippen molar-refractivity contribution in [3.63, 3.8) is 0 Å². The third kappa shape index (κ3) is 1.86. The summed E-state index contributed by atoms with van der Waals surface area (Å²) in [5, 5.41) is 3.34. The number of benzene rings is 2. The lowest BCUT2D eigenvalue weighted by Gasteiger charge is -2.33. The van der Waals surface area contributed by atoms with Gasteiger partial charge in [0.2, 0.25) is 10.0 Å². The van der Waals surface area contributed by atoms with E-state index in [1.54, 1.807) is 16.4 Å². The second-order valence-corrected chi connectivity index (χ2v) is 7.78. The van der Waals surface area contributed by atoms with Crippen molar-refractivity contribution in [3.05, 3.63) is 65.7 Å². The molecule has 1 N–H and O–H groups in total. The van der Waals surface area contributed by atoms with Crippen LogP contribution >= 0.6 is 0 Å². The maximum absolute atomic E-state index is 13.0. The minimum atomic E-state index is -3.44. The Balaban J connectivity index is 1.86. The van der Waals surface area contributed by atoms with Gasteiger partial charge in [0.1, 0.15) is 0 Å². The molecule has 1 atom stereocenters. The molecular formula is C17H18N2O2S. The fraction of sp³-hybridized carbons (Fsp3) is 0.294. The Labute approximate surface area is 130 Å². The van der Waals surface area contributed by atoms with Gasteiger partial charge in [0, 0.05) is 13.1 Å². The Morgan fingerprint density at radius 3 is 2.50 bits per heavy atom. The lowest BCUT2D eigenvalue weighted by atomic mass is 9.88. The zero-order chi connectivity index (χ0) is 15.2. The molecule has 114 valence electrons. The highest BCUT2D eigenvalue weighted by molar-refractivity contribution is 7.89. The van der Waals surface area contributed by atoms with Crippen LogP contribution in [0.25, 0.3) is 0 Å². The van der Waals surface area contributed by atoms with Crippen LogP contribution in [0.4, 0.5) is 0 Å². The summed E-state index contributed by atoms with van der Waals surface area (Å²) in [6, 6.07) is 17.2. The lowest BCUT2D eigenvalue weighted by Crippen LogP contribution is -2.44. The molecule has 4 rings (SSSR count). The van der Waals surface area contributed by atoms with Gasteiger partial charge in [-0.2, -0.15) is 4.31 Å². The first-order valence-electron chi connectivity index (χ1n) is 7.52. The molecule has 0 aliphatic carbocycles. The van der Waals surface area contributed by atoms with Crippen LogP contribution in [-0.4, -0.2) is 25.8 Å². The summed E-state index contributed by atoms with van der Waals surface area (Å²) in [4.78, 5) is 0.467. The molecule has 2 aromatic carbocycles.